The summed E-state index contributed by atoms with van der Waals surface area (Å²) in [6.45, 7) is 1.01. The van der Waals surface area contributed by atoms with Gasteiger partial charge in [0, 0.05) is 23.0 Å². The van der Waals surface area contributed by atoms with E-state index in [1.165, 1.54) is 18.9 Å². The second-order valence-corrected chi connectivity index (χ2v) is 6.57. The lowest BCUT2D eigenvalue weighted by molar-refractivity contribution is -0.145. The van der Waals surface area contributed by atoms with E-state index in [0.29, 0.717) is 29.6 Å². The molecule has 1 saturated heterocycles. The Morgan fingerprint density at radius 3 is 2.90 bits per heavy atom. The van der Waals surface area contributed by atoms with Gasteiger partial charge in [-0.1, -0.05) is 23.2 Å². The molecule has 1 aliphatic rings. The molecule has 21 heavy (non-hydrogen) atoms. The fourth-order valence-corrected chi connectivity index (χ4v) is 3.56. The molecule has 1 heterocycles. The van der Waals surface area contributed by atoms with Crippen molar-refractivity contribution in [2.45, 2.75) is 11.3 Å². The average molecular weight is 348 g/mol. The van der Waals surface area contributed by atoms with Crippen LogP contribution in [0, 0.1) is 5.92 Å². The quantitative estimate of drug-likeness (QED) is 0.620. The maximum atomic E-state index is 12.1. The predicted octanol–water partition coefficient (Wildman–Crippen LogP) is 3.11. The van der Waals surface area contributed by atoms with Crippen LogP contribution in [0.1, 0.15) is 6.42 Å². The number of carbonyl (C=O) groups excluding carboxylic acids is 2. The Morgan fingerprint density at radius 2 is 2.19 bits per heavy atom. The summed E-state index contributed by atoms with van der Waals surface area (Å²) < 4.78 is 4.71. The highest BCUT2D eigenvalue weighted by atomic mass is 35.5. The zero-order valence-corrected chi connectivity index (χ0v) is 13.8. The average Bonchev–Trinajstić information content (AvgIpc) is 2.97. The van der Waals surface area contributed by atoms with Crippen molar-refractivity contribution in [1.29, 1.82) is 0 Å². The van der Waals surface area contributed by atoms with Gasteiger partial charge in [0.05, 0.1) is 23.8 Å². The van der Waals surface area contributed by atoms with Crippen molar-refractivity contribution in [3.8, 4) is 0 Å². The molecule has 7 heteroatoms. The van der Waals surface area contributed by atoms with Gasteiger partial charge in [-0.25, -0.2) is 0 Å². The molecular formula is C14H15Cl2NO3S. The van der Waals surface area contributed by atoms with E-state index in [9.17, 15) is 9.59 Å². The van der Waals surface area contributed by atoms with Crippen molar-refractivity contribution in [2.75, 3.05) is 26.0 Å². The lowest BCUT2D eigenvalue weighted by atomic mass is 10.1. The minimum atomic E-state index is -0.254. The van der Waals surface area contributed by atoms with Crippen LogP contribution in [0.3, 0.4) is 0 Å². The smallest absolute Gasteiger partial charge is 0.310 e. The Labute approximate surface area is 137 Å². The molecule has 1 aromatic rings. The van der Waals surface area contributed by atoms with Gasteiger partial charge in [-0.05, 0) is 24.6 Å². The molecule has 0 spiro atoms. The van der Waals surface area contributed by atoms with Crippen LogP contribution >= 0.6 is 35.0 Å². The third-order valence-electron chi connectivity index (χ3n) is 3.32. The van der Waals surface area contributed by atoms with Gasteiger partial charge in [-0.2, -0.15) is 0 Å². The largest absolute Gasteiger partial charge is 0.469 e. The number of hydrogen-bond acceptors (Lipinski definition) is 4. The maximum absolute atomic E-state index is 12.1. The highest BCUT2D eigenvalue weighted by Crippen LogP contribution is 2.30. The van der Waals surface area contributed by atoms with E-state index in [1.54, 1.807) is 23.1 Å². The van der Waals surface area contributed by atoms with Crippen LogP contribution < -0.4 is 0 Å². The number of ether oxygens (including phenoxy) is 1. The molecule has 4 nitrogen and oxygen atoms in total. The number of carbonyl (C=O) groups is 2. The molecule has 0 saturated carbocycles. The van der Waals surface area contributed by atoms with Crippen LogP contribution in [0.2, 0.25) is 10.0 Å². The third-order valence-corrected chi connectivity index (χ3v) is 5.04. The van der Waals surface area contributed by atoms with Gasteiger partial charge in [0.25, 0.3) is 0 Å². The molecule has 0 radical (unpaired) electrons. The second kappa shape index (κ2) is 7.38. The van der Waals surface area contributed by atoms with Gasteiger partial charge >= 0.3 is 5.97 Å². The second-order valence-electron chi connectivity index (χ2n) is 4.71. The molecule has 1 amide bonds. The van der Waals surface area contributed by atoms with Gasteiger partial charge in [0.1, 0.15) is 0 Å². The maximum Gasteiger partial charge on any atom is 0.310 e. The number of methoxy groups -OCH3 is 1. The molecular weight excluding hydrogens is 333 g/mol. The summed E-state index contributed by atoms with van der Waals surface area (Å²) in [5, 5.41) is 1.16. The first kappa shape index (κ1) is 16.5. The molecule has 1 unspecified atom stereocenters. The van der Waals surface area contributed by atoms with E-state index < -0.39 is 0 Å². The molecule has 0 N–H and O–H groups in total. The van der Waals surface area contributed by atoms with Crippen LogP contribution in [0.15, 0.2) is 23.1 Å². The van der Waals surface area contributed by atoms with Crippen molar-refractivity contribution in [2.24, 2.45) is 5.92 Å². The van der Waals surface area contributed by atoms with Crippen LogP contribution in [-0.2, 0) is 14.3 Å². The standard InChI is InChI=1S/C14H15Cl2NO3S/c1-20-14(19)9-4-5-17(7-9)13(18)8-21-12-6-10(15)2-3-11(12)16/h2-3,6,9H,4-5,7-8H2,1H3. The fraction of sp³-hybridized carbons (Fsp3) is 0.429. The molecule has 1 fully saturated rings. The third kappa shape index (κ3) is 4.28. The lowest BCUT2D eigenvalue weighted by Crippen LogP contribution is -2.31. The van der Waals surface area contributed by atoms with Gasteiger partial charge in [-0.15, -0.1) is 11.8 Å². The summed E-state index contributed by atoms with van der Waals surface area (Å²) in [4.78, 5) is 26.1. The monoisotopic (exact) mass is 347 g/mol. The number of rotatable bonds is 4. The topological polar surface area (TPSA) is 46.6 Å². The van der Waals surface area contributed by atoms with Crippen molar-refractivity contribution in [1.82, 2.24) is 4.90 Å². The van der Waals surface area contributed by atoms with E-state index in [2.05, 4.69) is 0 Å². The van der Waals surface area contributed by atoms with Gasteiger partial charge in [0.15, 0.2) is 0 Å². The molecule has 114 valence electrons. The zero-order chi connectivity index (χ0) is 15.4. The Bertz CT molecular complexity index is 553. The molecule has 0 aliphatic carbocycles. The normalized spacial score (nSPS) is 17.9. The lowest BCUT2D eigenvalue weighted by Gasteiger charge is -2.16. The van der Waals surface area contributed by atoms with E-state index >= 15 is 0 Å². The molecule has 0 aromatic heterocycles. The number of nitrogens with zero attached hydrogens (tertiary/aromatic N) is 1. The van der Waals surface area contributed by atoms with Gasteiger partial charge in [0.2, 0.25) is 5.91 Å². The van der Waals surface area contributed by atoms with Crippen LogP contribution in [0.4, 0.5) is 0 Å². The van der Waals surface area contributed by atoms with Crippen molar-refractivity contribution < 1.29 is 14.3 Å². The summed E-state index contributed by atoms with van der Waals surface area (Å²) >= 11 is 13.3. The van der Waals surface area contributed by atoms with E-state index in [-0.39, 0.29) is 23.5 Å². The Balaban J connectivity index is 1.88. The van der Waals surface area contributed by atoms with Gasteiger partial charge < -0.3 is 9.64 Å². The number of benzene rings is 1. The van der Waals surface area contributed by atoms with E-state index in [0.717, 1.165) is 4.90 Å². The summed E-state index contributed by atoms with van der Waals surface area (Å²) in [5.74, 6) is -0.203. The minimum Gasteiger partial charge on any atom is -0.469 e. The Hall–Kier alpha value is -0.910. The SMILES string of the molecule is COC(=O)C1CCN(C(=O)CSc2cc(Cl)ccc2Cl)C1. The van der Waals surface area contributed by atoms with Crippen molar-refractivity contribution in [3.05, 3.63) is 28.2 Å². The number of halogens is 2. The number of likely N-dealkylation sites (tertiary alicyclic amines) is 1. The molecule has 1 atom stereocenters. The highest BCUT2D eigenvalue weighted by molar-refractivity contribution is 8.00. The fourth-order valence-electron chi connectivity index (χ4n) is 2.16. The number of hydrogen-bond donors (Lipinski definition) is 0. The Kier molecular flexibility index (Phi) is 5.79. The number of thioether (sulfide) groups is 1. The minimum absolute atomic E-state index is 0.0116. The van der Waals surface area contributed by atoms with Gasteiger partial charge in [-0.3, -0.25) is 9.59 Å². The van der Waals surface area contributed by atoms with Crippen LogP contribution in [0.25, 0.3) is 0 Å². The van der Waals surface area contributed by atoms with Crippen LogP contribution in [-0.4, -0.2) is 42.7 Å². The van der Waals surface area contributed by atoms with E-state index in [4.69, 9.17) is 27.9 Å². The molecule has 1 aliphatic heterocycles. The summed E-state index contributed by atoms with van der Waals surface area (Å²) in [6, 6.07) is 5.15. The first-order valence-corrected chi connectivity index (χ1v) is 8.19. The molecule has 0 bridgehead atoms. The number of amides is 1. The summed E-state index contributed by atoms with van der Waals surface area (Å²) in [5.41, 5.74) is 0. The van der Waals surface area contributed by atoms with Crippen molar-refractivity contribution in [3.63, 3.8) is 0 Å². The first-order chi connectivity index (χ1) is 10.0. The summed E-state index contributed by atoms with van der Waals surface area (Å²) in [7, 11) is 1.36. The predicted molar refractivity (Wildman–Crippen MR) is 83.9 cm³/mol. The summed E-state index contributed by atoms with van der Waals surface area (Å²) in [6.07, 6.45) is 0.654. The Morgan fingerprint density at radius 1 is 1.43 bits per heavy atom. The number of esters is 1. The van der Waals surface area contributed by atoms with E-state index in [1.807, 2.05) is 0 Å². The van der Waals surface area contributed by atoms with Crippen molar-refractivity contribution >= 4 is 46.8 Å². The van der Waals surface area contributed by atoms with Crippen LogP contribution in [0.5, 0.6) is 0 Å². The molecule has 1 aromatic carbocycles. The first-order valence-electron chi connectivity index (χ1n) is 6.44. The molecule has 2 rings (SSSR count). The highest BCUT2D eigenvalue weighted by Gasteiger charge is 2.31. The zero-order valence-electron chi connectivity index (χ0n) is 11.5.